The number of nitrogens with one attached hydrogen (secondary N) is 1. The molecule has 4 aromatic rings. The van der Waals surface area contributed by atoms with Gasteiger partial charge < -0.3 is 14.1 Å². The first-order chi connectivity index (χ1) is 15.9. The highest BCUT2D eigenvalue weighted by Gasteiger charge is 2.17. The Morgan fingerprint density at radius 1 is 1.27 bits per heavy atom. The fourth-order valence-electron chi connectivity index (χ4n) is 3.20. The lowest BCUT2D eigenvalue weighted by Crippen LogP contribution is -2.18. The number of ether oxygens (including phenoxy) is 1. The maximum absolute atomic E-state index is 14.7. The Bertz CT molecular complexity index is 1300. The number of hydrogen-bond donors (Lipinski definition) is 1. The van der Waals surface area contributed by atoms with Crippen LogP contribution in [0.2, 0.25) is 5.02 Å². The minimum absolute atomic E-state index is 0.0112. The third-order valence-corrected chi connectivity index (χ3v) is 5.04. The van der Waals surface area contributed by atoms with Crippen molar-refractivity contribution in [3.05, 3.63) is 59.0 Å². The van der Waals surface area contributed by atoms with Crippen LogP contribution in [0, 0.1) is 5.82 Å². The first kappa shape index (κ1) is 22.8. The average Bonchev–Trinajstić information content (AvgIpc) is 3.40. The Balaban J connectivity index is 1.58. The van der Waals surface area contributed by atoms with Gasteiger partial charge in [0.05, 0.1) is 23.2 Å². The molecule has 1 N–H and O–H groups in total. The quantitative estimate of drug-likeness (QED) is 0.351. The van der Waals surface area contributed by atoms with Crippen LogP contribution in [0.15, 0.2) is 47.1 Å². The second-order valence-corrected chi connectivity index (χ2v) is 7.97. The van der Waals surface area contributed by atoms with Crippen molar-refractivity contribution >= 4 is 28.5 Å². The van der Waals surface area contributed by atoms with Gasteiger partial charge in [-0.15, -0.1) is 5.48 Å². The molecule has 172 valence electrons. The van der Waals surface area contributed by atoms with Crippen molar-refractivity contribution in [1.82, 2.24) is 20.2 Å². The molecule has 0 saturated heterocycles. The van der Waals surface area contributed by atoms with E-state index in [-0.39, 0.29) is 36.9 Å². The van der Waals surface area contributed by atoms with E-state index in [1.807, 2.05) is 13.8 Å². The summed E-state index contributed by atoms with van der Waals surface area (Å²) in [5.74, 6) is 0.166. The standard InChI is InChI=1S/C23H22ClFN4O4/c1-4-21(30)32-26-11-14-5-7-19-16(9-14)18(25)12-29(19)23-27-22(33-28-23)15-6-8-20(17(24)10-15)31-13(2)3/h5-10,12-13,26H,4,11H2,1-3H3. The number of rotatable bonds is 8. The van der Waals surface area contributed by atoms with Crippen molar-refractivity contribution in [2.45, 2.75) is 39.8 Å². The molecule has 0 aliphatic carbocycles. The molecule has 0 saturated carbocycles. The van der Waals surface area contributed by atoms with Gasteiger partial charge in [0.15, 0.2) is 0 Å². The molecule has 0 spiro atoms. The molecule has 2 aromatic heterocycles. The van der Waals surface area contributed by atoms with Crippen LogP contribution in [0.4, 0.5) is 4.39 Å². The van der Waals surface area contributed by atoms with E-state index in [9.17, 15) is 9.18 Å². The molecule has 0 aliphatic heterocycles. The Morgan fingerprint density at radius 2 is 2.09 bits per heavy atom. The lowest BCUT2D eigenvalue weighted by Gasteiger charge is -2.11. The topological polar surface area (TPSA) is 91.4 Å². The van der Waals surface area contributed by atoms with E-state index in [0.29, 0.717) is 27.2 Å². The van der Waals surface area contributed by atoms with Gasteiger partial charge >= 0.3 is 5.97 Å². The normalized spacial score (nSPS) is 11.3. The monoisotopic (exact) mass is 472 g/mol. The van der Waals surface area contributed by atoms with Crippen LogP contribution in [0.1, 0.15) is 32.8 Å². The Morgan fingerprint density at radius 3 is 2.82 bits per heavy atom. The number of aromatic nitrogens is 3. The Labute approximate surface area is 194 Å². The molecule has 0 fully saturated rings. The van der Waals surface area contributed by atoms with E-state index in [0.717, 1.165) is 5.56 Å². The smallest absolute Gasteiger partial charge is 0.324 e. The second kappa shape index (κ2) is 9.60. The molecular formula is C23H22ClFN4O4. The summed E-state index contributed by atoms with van der Waals surface area (Å²) in [5.41, 5.74) is 4.50. The van der Waals surface area contributed by atoms with Crippen molar-refractivity contribution < 1.29 is 23.3 Å². The number of hydrogen-bond acceptors (Lipinski definition) is 7. The summed E-state index contributed by atoms with van der Waals surface area (Å²) in [4.78, 5) is 20.5. The van der Waals surface area contributed by atoms with E-state index in [4.69, 9.17) is 25.7 Å². The SMILES string of the molecule is CCC(=O)ONCc1ccc2c(c1)c(F)cn2-c1noc(-c2ccc(OC(C)C)c(Cl)c2)n1. The van der Waals surface area contributed by atoms with E-state index in [2.05, 4.69) is 15.6 Å². The molecule has 4 rings (SSSR count). The van der Waals surface area contributed by atoms with Crippen molar-refractivity contribution in [3.63, 3.8) is 0 Å². The largest absolute Gasteiger partial charge is 0.489 e. The van der Waals surface area contributed by atoms with Gasteiger partial charge in [0.1, 0.15) is 11.6 Å². The maximum Gasteiger partial charge on any atom is 0.324 e. The zero-order valence-electron chi connectivity index (χ0n) is 18.3. The van der Waals surface area contributed by atoms with Crippen LogP contribution in [-0.2, 0) is 16.2 Å². The molecule has 33 heavy (non-hydrogen) atoms. The van der Waals surface area contributed by atoms with E-state index in [1.54, 1.807) is 43.3 Å². The van der Waals surface area contributed by atoms with Crippen LogP contribution >= 0.6 is 11.6 Å². The molecule has 0 amide bonds. The van der Waals surface area contributed by atoms with Gasteiger partial charge in [-0.1, -0.05) is 24.6 Å². The van der Waals surface area contributed by atoms with Crippen molar-refractivity contribution in [3.8, 4) is 23.2 Å². The molecule has 10 heteroatoms. The van der Waals surface area contributed by atoms with E-state index < -0.39 is 5.82 Å². The fraction of sp³-hybridized carbons (Fsp3) is 0.261. The average molecular weight is 473 g/mol. The maximum atomic E-state index is 14.7. The third-order valence-electron chi connectivity index (χ3n) is 4.74. The predicted molar refractivity (Wildman–Crippen MR) is 121 cm³/mol. The van der Waals surface area contributed by atoms with Crippen molar-refractivity contribution in [2.24, 2.45) is 0 Å². The minimum atomic E-state index is -0.443. The number of halogens is 2. The minimum Gasteiger partial charge on any atom is -0.489 e. The van der Waals surface area contributed by atoms with Crippen LogP contribution in [0.3, 0.4) is 0 Å². The lowest BCUT2D eigenvalue weighted by atomic mass is 10.1. The first-order valence-corrected chi connectivity index (χ1v) is 10.8. The summed E-state index contributed by atoms with van der Waals surface area (Å²) in [6.45, 7) is 5.77. The Kier molecular flexibility index (Phi) is 6.62. The molecule has 0 aliphatic rings. The molecular weight excluding hydrogens is 451 g/mol. The second-order valence-electron chi connectivity index (χ2n) is 7.56. The molecule has 0 atom stereocenters. The predicted octanol–water partition coefficient (Wildman–Crippen LogP) is 5.22. The highest BCUT2D eigenvalue weighted by atomic mass is 35.5. The number of fused-ring (bicyclic) bond motifs is 1. The summed E-state index contributed by atoms with van der Waals surface area (Å²) in [7, 11) is 0. The van der Waals surface area contributed by atoms with Gasteiger partial charge in [0.25, 0.3) is 11.8 Å². The van der Waals surface area contributed by atoms with Gasteiger partial charge in [-0.3, -0.25) is 9.36 Å². The molecule has 0 radical (unpaired) electrons. The molecule has 0 bridgehead atoms. The van der Waals surface area contributed by atoms with Crippen LogP contribution < -0.4 is 10.2 Å². The van der Waals surface area contributed by atoms with Crippen LogP contribution in [0.25, 0.3) is 28.3 Å². The fourth-order valence-corrected chi connectivity index (χ4v) is 3.42. The van der Waals surface area contributed by atoms with E-state index in [1.165, 1.54) is 10.8 Å². The van der Waals surface area contributed by atoms with Gasteiger partial charge in [0.2, 0.25) is 0 Å². The first-order valence-electron chi connectivity index (χ1n) is 10.4. The number of carbonyl (C=O) groups excluding carboxylic acids is 1. The van der Waals surface area contributed by atoms with Gasteiger partial charge in [-0.2, -0.15) is 4.98 Å². The summed E-state index contributed by atoms with van der Waals surface area (Å²) in [6, 6.07) is 10.4. The number of hydroxylamine groups is 1. The highest BCUT2D eigenvalue weighted by Crippen LogP contribution is 2.31. The summed E-state index contributed by atoms with van der Waals surface area (Å²) < 4.78 is 27.2. The molecule has 2 heterocycles. The summed E-state index contributed by atoms with van der Waals surface area (Å²) >= 11 is 6.30. The highest BCUT2D eigenvalue weighted by molar-refractivity contribution is 6.32. The molecule has 2 aromatic carbocycles. The number of benzene rings is 2. The van der Waals surface area contributed by atoms with Crippen LogP contribution in [-0.4, -0.2) is 26.8 Å². The van der Waals surface area contributed by atoms with Gasteiger partial charge in [0, 0.05) is 23.6 Å². The third kappa shape index (κ3) is 4.99. The number of nitrogens with zero attached hydrogens (tertiary/aromatic N) is 3. The van der Waals surface area contributed by atoms with E-state index >= 15 is 0 Å². The number of carbonyl (C=O) groups is 1. The zero-order valence-corrected chi connectivity index (χ0v) is 19.0. The lowest BCUT2D eigenvalue weighted by molar-refractivity contribution is -0.151. The van der Waals surface area contributed by atoms with Crippen molar-refractivity contribution in [2.75, 3.05) is 0 Å². The van der Waals surface area contributed by atoms with Crippen LogP contribution in [0.5, 0.6) is 5.75 Å². The molecule has 0 unspecified atom stereocenters. The molecule has 8 nitrogen and oxygen atoms in total. The van der Waals surface area contributed by atoms with Gasteiger partial charge in [-0.05, 0) is 54.9 Å². The van der Waals surface area contributed by atoms with Crippen molar-refractivity contribution in [1.29, 1.82) is 0 Å². The Hall–Kier alpha value is -3.43. The summed E-state index contributed by atoms with van der Waals surface area (Å²) in [6.07, 6.45) is 1.54. The zero-order chi connectivity index (χ0) is 23.5. The summed E-state index contributed by atoms with van der Waals surface area (Å²) in [5, 5.41) is 4.79. The van der Waals surface area contributed by atoms with Gasteiger partial charge in [-0.25, -0.2) is 4.39 Å².